The quantitative estimate of drug-likeness (QED) is 0.800. The van der Waals surface area contributed by atoms with Gasteiger partial charge in [-0.05, 0) is 41.1 Å². The van der Waals surface area contributed by atoms with Crippen molar-refractivity contribution in [3.63, 3.8) is 0 Å². The summed E-state index contributed by atoms with van der Waals surface area (Å²) in [6, 6.07) is 5.97. The van der Waals surface area contributed by atoms with Gasteiger partial charge in [-0.1, -0.05) is 0 Å². The third-order valence-corrected chi connectivity index (χ3v) is 3.16. The highest BCUT2D eigenvalue weighted by molar-refractivity contribution is 9.10. The minimum atomic E-state index is 0.195. The predicted molar refractivity (Wildman–Crippen MR) is 76.0 cm³/mol. The van der Waals surface area contributed by atoms with Crippen molar-refractivity contribution in [1.82, 2.24) is 24.4 Å². The first-order valence-electron chi connectivity index (χ1n) is 5.96. The first kappa shape index (κ1) is 12.2. The second kappa shape index (κ2) is 5.00. The van der Waals surface area contributed by atoms with Gasteiger partial charge in [0.15, 0.2) is 5.65 Å². The van der Waals surface area contributed by atoms with Gasteiger partial charge in [-0.2, -0.15) is 10.1 Å². The van der Waals surface area contributed by atoms with Gasteiger partial charge in [0.05, 0.1) is 6.54 Å². The molecule has 0 aromatic carbocycles. The Morgan fingerprint density at radius 2 is 2.32 bits per heavy atom. The molecule has 1 N–H and O–H groups in total. The van der Waals surface area contributed by atoms with Gasteiger partial charge in [-0.15, -0.1) is 5.10 Å². The van der Waals surface area contributed by atoms with Crippen molar-refractivity contribution in [2.45, 2.75) is 19.5 Å². The van der Waals surface area contributed by atoms with E-state index in [1.807, 2.05) is 35.3 Å². The van der Waals surface area contributed by atoms with E-state index >= 15 is 0 Å². The number of hydrogen-bond donors (Lipinski definition) is 1. The molecule has 1 unspecified atom stereocenters. The number of aromatic nitrogens is 5. The minimum absolute atomic E-state index is 0.195. The van der Waals surface area contributed by atoms with E-state index in [0.717, 1.165) is 16.7 Å². The topological polar surface area (TPSA) is 60.0 Å². The Bertz CT molecular complexity index is 675. The number of hydrogen-bond acceptors (Lipinski definition) is 4. The summed E-state index contributed by atoms with van der Waals surface area (Å²) in [5.74, 6) is 0.623. The number of halogens is 1. The highest BCUT2D eigenvalue weighted by Crippen LogP contribution is 2.12. The third-order valence-electron chi connectivity index (χ3n) is 2.69. The summed E-state index contributed by atoms with van der Waals surface area (Å²) in [5.41, 5.74) is 0.817. The predicted octanol–water partition coefficient (Wildman–Crippen LogP) is 2.19. The molecule has 3 heterocycles. The fraction of sp³-hybridized carbons (Fsp3) is 0.250. The Morgan fingerprint density at radius 1 is 1.42 bits per heavy atom. The third kappa shape index (κ3) is 2.76. The van der Waals surface area contributed by atoms with Crippen LogP contribution in [-0.2, 0) is 6.54 Å². The number of nitrogens with zero attached hydrogens (tertiary/aromatic N) is 5. The van der Waals surface area contributed by atoms with E-state index in [-0.39, 0.29) is 6.04 Å². The molecule has 6 nitrogen and oxygen atoms in total. The SMILES string of the molecule is CC(Cn1cccn1)Nc1nc2ccc(Br)cn2n1. The Hall–Kier alpha value is -1.89. The summed E-state index contributed by atoms with van der Waals surface area (Å²) in [6.07, 6.45) is 5.59. The summed E-state index contributed by atoms with van der Waals surface area (Å²) in [6.45, 7) is 2.84. The van der Waals surface area contributed by atoms with Crippen LogP contribution in [-0.4, -0.2) is 30.4 Å². The van der Waals surface area contributed by atoms with E-state index in [0.29, 0.717) is 5.95 Å². The largest absolute Gasteiger partial charge is 0.349 e. The first-order valence-corrected chi connectivity index (χ1v) is 6.76. The standard InChI is InChI=1S/C12H13BrN6/c1-9(7-18-6-2-5-14-18)15-12-16-11-4-3-10(13)8-19(11)17-12/h2-6,8-9H,7H2,1H3,(H,15,17). The second-order valence-electron chi connectivity index (χ2n) is 4.36. The molecule has 1 atom stereocenters. The molecule has 3 aromatic rings. The van der Waals surface area contributed by atoms with E-state index in [1.165, 1.54) is 0 Å². The van der Waals surface area contributed by atoms with Gasteiger partial charge < -0.3 is 5.32 Å². The highest BCUT2D eigenvalue weighted by atomic mass is 79.9. The maximum Gasteiger partial charge on any atom is 0.243 e. The zero-order valence-corrected chi connectivity index (χ0v) is 11.9. The van der Waals surface area contributed by atoms with Crippen LogP contribution in [0.15, 0.2) is 41.3 Å². The summed E-state index contributed by atoms with van der Waals surface area (Å²) < 4.78 is 4.60. The monoisotopic (exact) mass is 320 g/mol. The van der Waals surface area contributed by atoms with Gasteiger partial charge in [0.1, 0.15) is 0 Å². The first-order chi connectivity index (χ1) is 9.20. The van der Waals surface area contributed by atoms with Crippen molar-refractivity contribution in [1.29, 1.82) is 0 Å². The zero-order chi connectivity index (χ0) is 13.2. The molecular formula is C12H13BrN6. The Morgan fingerprint density at radius 3 is 3.11 bits per heavy atom. The lowest BCUT2D eigenvalue weighted by molar-refractivity contribution is 0.558. The average Bonchev–Trinajstić information content (AvgIpc) is 2.97. The smallest absolute Gasteiger partial charge is 0.243 e. The molecule has 98 valence electrons. The summed E-state index contributed by atoms with van der Waals surface area (Å²) in [4.78, 5) is 4.41. The maximum atomic E-state index is 4.41. The molecule has 0 bridgehead atoms. The molecule has 0 aliphatic rings. The summed E-state index contributed by atoms with van der Waals surface area (Å²) >= 11 is 3.41. The second-order valence-corrected chi connectivity index (χ2v) is 5.27. The van der Waals surface area contributed by atoms with Gasteiger partial charge in [0.25, 0.3) is 0 Å². The summed E-state index contributed by atoms with van der Waals surface area (Å²) in [7, 11) is 0. The van der Waals surface area contributed by atoms with Crippen molar-refractivity contribution >= 4 is 27.5 Å². The number of pyridine rings is 1. The molecule has 7 heteroatoms. The van der Waals surface area contributed by atoms with Crippen LogP contribution in [0.2, 0.25) is 0 Å². The van der Waals surface area contributed by atoms with Crippen molar-refractivity contribution in [3.8, 4) is 0 Å². The van der Waals surface area contributed by atoms with Crippen molar-refractivity contribution in [3.05, 3.63) is 41.3 Å². The number of rotatable bonds is 4. The van der Waals surface area contributed by atoms with Gasteiger partial charge in [-0.25, -0.2) is 4.52 Å². The van der Waals surface area contributed by atoms with Crippen LogP contribution in [0.25, 0.3) is 5.65 Å². The van der Waals surface area contributed by atoms with Crippen LogP contribution in [0.1, 0.15) is 6.92 Å². The molecule has 0 aliphatic heterocycles. The fourth-order valence-corrected chi connectivity index (χ4v) is 2.20. The Kier molecular flexibility index (Phi) is 3.20. The number of nitrogens with one attached hydrogen (secondary N) is 1. The molecule has 19 heavy (non-hydrogen) atoms. The van der Waals surface area contributed by atoms with Crippen LogP contribution in [0.4, 0.5) is 5.95 Å². The Balaban J connectivity index is 1.74. The fourth-order valence-electron chi connectivity index (χ4n) is 1.87. The van der Waals surface area contributed by atoms with E-state index in [9.17, 15) is 0 Å². The molecule has 0 amide bonds. The molecule has 0 aliphatic carbocycles. The van der Waals surface area contributed by atoms with E-state index in [2.05, 4.69) is 43.4 Å². The van der Waals surface area contributed by atoms with Crippen LogP contribution >= 0.6 is 15.9 Å². The minimum Gasteiger partial charge on any atom is -0.349 e. The number of anilines is 1. The van der Waals surface area contributed by atoms with Crippen LogP contribution in [0.3, 0.4) is 0 Å². The maximum absolute atomic E-state index is 4.41. The van der Waals surface area contributed by atoms with Gasteiger partial charge in [0, 0.05) is 29.1 Å². The van der Waals surface area contributed by atoms with E-state index in [1.54, 1.807) is 10.7 Å². The average molecular weight is 321 g/mol. The zero-order valence-electron chi connectivity index (χ0n) is 10.4. The molecule has 3 aromatic heterocycles. The van der Waals surface area contributed by atoms with Gasteiger partial charge in [0.2, 0.25) is 5.95 Å². The van der Waals surface area contributed by atoms with Crippen molar-refractivity contribution in [2.24, 2.45) is 0 Å². The summed E-state index contributed by atoms with van der Waals surface area (Å²) in [5, 5.41) is 11.8. The highest BCUT2D eigenvalue weighted by Gasteiger charge is 2.08. The lowest BCUT2D eigenvalue weighted by Gasteiger charge is -2.11. The lowest BCUT2D eigenvalue weighted by Crippen LogP contribution is -2.22. The number of fused-ring (bicyclic) bond motifs is 1. The van der Waals surface area contributed by atoms with Crippen molar-refractivity contribution < 1.29 is 0 Å². The van der Waals surface area contributed by atoms with Crippen LogP contribution < -0.4 is 5.32 Å². The molecular weight excluding hydrogens is 308 g/mol. The molecule has 3 rings (SSSR count). The molecule has 0 spiro atoms. The molecule has 0 fully saturated rings. The molecule has 0 saturated heterocycles. The van der Waals surface area contributed by atoms with E-state index in [4.69, 9.17) is 0 Å². The molecule has 0 radical (unpaired) electrons. The Labute approximate surface area is 118 Å². The van der Waals surface area contributed by atoms with Crippen LogP contribution in [0.5, 0.6) is 0 Å². The van der Waals surface area contributed by atoms with E-state index < -0.39 is 0 Å². The lowest BCUT2D eigenvalue weighted by atomic mass is 10.3. The van der Waals surface area contributed by atoms with Gasteiger partial charge in [-0.3, -0.25) is 4.68 Å². The molecule has 0 saturated carbocycles. The van der Waals surface area contributed by atoms with Gasteiger partial charge >= 0.3 is 0 Å². The normalized spacial score (nSPS) is 12.7. The van der Waals surface area contributed by atoms with Crippen molar-refractivity contribution in [2.75, 3.05) is 5.32 Å². The van der Waals surface area contributed by atoms with Crippen LogP contribution in [0, 0.1) is 0 Å².